The van der Waals surface area contributed by atoms with Gasteiger partial charge in [0.1, 0.15) is 11.6 Å². The number of ether oxygens (including phenoxy) is 2. The quantitative estimate of drug-likeness (QED) is 0.494. The van der Waals surface area contributed by atoms with Gasteiger partial charge in [-0.2, -0.15) is 0 Å². The number of hydrogen-bond donors (Lipinski definition) is 2. The lowest BCUT2D eigenvalue weighted by Gasteiger charge is -2.25. The van der Waals surface area contributed by atoms with E-state index in [1.54, 1.807) is 19.0 Å². The first kappa shape index (κ1) is 22.5. The number of nitrogens with zero attached hydrogens (tertiary/aromatic N) is 2. The second kappa shape index (κ2) is 11.3. The van der Waals surface area contributed by atoms with E-state index in [9.17, 15) is 8.78 Å². The molecular weight excluding hydrogens is 366 g/mol. The highest BCUT2D eigenvalue weighted by Crippen LogP contribution is 2.24. The molecule has 2 N–H and O–H groups in total. The molecule has 6 nitrogen and oxygen atoms in total. The summed E-state index contributed by atoms with van der Waals surface area (Å²) < 4.78 is 39.6. The summed E-state index contributed by atoms with van der Waals surface area (Å²) in [6, 6.07) is 3.43. The molecule has 0 aromatic heterocycles. The highest BCUT2D eigenvalue weighted by Gasteiger charge is 2.22. The van der Waals surface area contributed by atoms with Crippen molar-refractivity contribution in [1.82, 2.24) is 15.5 Å². The molecule has 1 heterocycles. The van der Waals surface area contributed by atoms with Crippen LogP contribution >= 0.6 is 0 Å². The Kier molecular flexibility index (Phi) is 9.08. The third-order valence-corrected chi connectivity index (χ3v) is 4.58. The van der Waals surface area contributed by atoms with Gasteiger partial charge in [0.25, 0.3) is 0 Å². The Hall–Kier alpha value is -1.77. The van der Waals surface area contributed by atoms with E-state index >= 15 is 0 Å². The smallest absolute Gasteiger partial charge is 0.191 e. The summed E-state index contributed by atoms with van der Waals surface area (Å²) in [5.41, 5.74) is 0.0321. The maximum absolute atomic E-state index is 14.2. The molecule has 0 aliphatic carbocycles. The zero-order valence-corrected chi connectivity index (χ0v) is 17.2. The van der Waals surface area contributed by atoms with Gasteiger partial charge in [0.05, 0.1) is 31.9 Å². The van der Waals surface area contributed by atoms with Crippen molar-refractivity contribution in [3.05, 3.63) is 35.4 Å². The molecule has 0 saturated carbocycles. The SMILES string of the molecule is CCNC(=NCC(c1c(F)cccc1F)N(C)C)NC(C)COC1CCOC1. The van der Waals surface area contributed by atoms with Gasteiger partial charge in [0.2, 0.25) is 0 Å². The van der Waals surface area contributed by atoms with Gasteiger partial charge in [-0.25, -0.2) is 8.78 Å². The normalized spacial score (nSPS) is 19.7. The summed E-state index contributed by atoms with van der Waals surface area (Å²) in [4.78, 5) is 6.32. The number of benzene rings is 1. The Labute approximate surface area is 166 Å². The Balaban J connectivity index is 2.01. The largest absolute Gasteiger partial charge is 0.379 e. The van der Waals surface area contributed by atoms with Crippen molar-refractivity contribution in [3.8, 4) is 0 Å². The molecule has 3 unspecified atom stereocenters. The fraction of sp³-hybridized carbons (Fsp3) is 0.650. The van der Waals surface area contributed by atoms with Crippen molar-refractivity contribution in [3.63, 3.8) is 0 Å². The molecule has 0 bridgehead atoms. The topological polar surface area (TPSA) is 58.1 Å². The minimum atomic E-state index is -0.563. The van der Waals surface area contributed by atoms with Crippen LogP contribution in [0.15, 0.2) is 23.2 Å². The summed E-state index contributed by atoms with van der Waals surface area (Å²) in [6.45, 7) is 6.77. The summed E-state index contributed by atoms with van der Waals surface area (Å²) in [6.07, 6.45) is 1.06. The minimum Gasteiger partial charge on any atom is -0.379 e. The predicted molar refractivity (Wildman–Crippen MR) is 107 cm³/mol. The molecule has 158 valence electrons. The standard InChI is InChI=1S/C20H32F2N4O2/c1-5-23-20(25-14(2)12-28-15-9-10-27-13-15)24-11-18(26(3)4)19-16(21)7-6-8-17(19)22/h6-8,14-15,18H,5,9-13H2,1-4H3,(H2,23,24,25). The van der Waals surface area contributed by atoms with Crippen LogP contribution in [0.3, 0.4) is 0 Å². The molecule has 1 aliphatic rings. The summed E-state index contributed by atoms with van der Waals surface area (Å²) in [5, 5.41) is 6.45. The van der Waals surface area contributed by atoms with E-state index < -0.39 is 17.7 Å². The molecule has 2 rings (SSSR count). The van der Waals surface area contributed by atoms with Gasteiger partial charge in [-0.05, 0) is 46.5 Å². The molecule has 28 heavy (non-hydrogen) atoms. The Bertz CT molecular complexity index is 616. The monoisotopic (exact) mass is 398 g/mol. The van der Waals surface area contributed by atoms with Crippen LogP contribution in [-0.2, 0) is 9.47 Å². The van der Waals surface area contributed by atoms with Crippen LogP contribution in [0.1, 0.15) is 31.9 Å². The van der Waals surface area contributed by atoms with E-state index in [4.69, 9.17) is 9.47 Å². The van der Waals surface area contributed by atoms with Crippen molar-refractivity contribution in [2.75, 3.05) is 47.0 Å². The van der Waals surface area contributed by atoms with Crippen LogP contribution in [0.4, 0.5) is 8.78 Å². The zero-order chi connectivity index (χ0) is 20.5. The third-order valence-electron chi connectivity index (χ3n) is 4.58. The van der Waals surface area contributed by atoms with E-state index in [-0.39, 0.29) is 24.3 Å². The first-order valence-electron chi connectivity index (χ1n) is 9.76. The first-order valence-corrected chi connectivity index (χ1v) is 9.76. The van der Waals surface area contributed by atoms with Gasteiger partial charge >= 0.3 is 0 Å². The Morgan fingerprint density at radius 2 is 2.07 bits per heavy atom. The van der Waals surface area contributed by atoms with Gasteiger partial charge in [-0.3, -0.25) is 4.99 Å². The number of hydrogen-bond acceptors (Lipinski definition) is 4. The molecule has 1 aromatic rings. The molecule has 1 saturated heterocycles. The molecular formula is C20H32F2N4O2. The molecule has 0 spiro atoms. The van der Waals surface area contributed by atoms with Crippen molar-refractivity contribution < 1.29 is 18.3 Å². The van der Waals surface area contributed by atoms with Crippen molar-refractivity contribution in [2.45, 2.75) is 38.5 Å². The molecule has 1 aromatic carbocycles. The van der Waals surface area contributed by atoms with Crippen LogP contribution in [0.2, 0.25) is 0 Å². The lowest BCUT2D eigenvalue weighted by Crippen LogP contribution is -2.45. The number of nitrogens with one attached hydrogen (secondary N) is 2. The van der Waals surface area contributed by atoms with Crippen molar-refractivity contribution in [1.29, 1.82) is 0 Å². The number of halogens is 2. The van der Waals surface area contributed by atoms with E-state index in [0.29, 0.717) is 25.7 Å². The summed E-state index contributed by atoms with van der Waals surface area (Å²) >= 11 is 0. The van der Waals surface area contributed by atoms with Crippen LogP contribution in [-0.4, -0.2) is 70.0 Å². The third kappa shape index (κ3) is 6.68. The molecule has 0 amide bonds. The van der Waals surface area contributed by atoms with E-state index in [0.717, 1.165) is 13.0 Å². The average molecular weight is 398 g/mol. The van der Waals surface area contributed by atoms with E-state index in [1.165, 1.54) is 18.2 Å². The van der Waals surface area contributed by atoms with Crippen LogP contribution in [0.5, 0.6) is 0 Å². The Morgan fingerprint density at radius 1 is 1.36 bits per heavy atom. The van der Waals surface area contributed by atoms with Crippen LogP contribution < -0.4 is 10.6 Å². The van der Waals surface area contributed by atoms with Crippen molar-refractivity contribution in [2.24, 2.45) is 4.99 Å². The average Bonchev–Trinajstić information content (AvgIpc) is 3.15. The second-order valence-corrected chi connectivity index (χ2v) is 7.20. The van der Waals surface area contributed by atoms with Crippen molar-refractivity contribution >= 4 is 5.96 Å². The summed E-state index contributed by atoms with van der Waals surface area (Å²) in [7, 11) is 3.57. The van der Waals surface area contributed by atoms with Gasteiger partial charge < -0.3 is 25.0 Å². The van der Waals surface area contributed by atoms with Gasteiger partial charge in [-0.1, -0.05) is 6.07 Å². The van der Waals surface area contributed by atoms with Gasteiger partial charge in [0.15, 0.2) is 5.96 Å². The predicted octanol–water partition coefficient (Wildman–Crippen LogP) is 2.32. The van der Waals surface area contributed by atoms with Crippen LogP contribution in [0.25, 0.3) is 0 Å². The summed E-state index contributed by atoms with van der Waals surface area (Å²) in [5.74, 6) is -0.537. The number of aliphatic imine (C=N–C) groups is 1. The molecule has 1 fully saturated rings. The highest BCUT2D eigenvalue weighted by atomic mass is 19.1. The fourth-order valence-electron chi connectivity index (χ4n) is 3.04. The lowest BCUT2D eigenvalue weighted by molar-refractivity contribution is 0.0347. The minimum absolute atomic E-state index is 0.0291. The Morgan fingerprint density at radius 3 is 2.64 bits per heavy atom. The fourth-order valence-corrected chi connectivity index (χ4v) is 3.04. The van der Waals surface area contributed by atoms with E-state index in [1.807, 2.05) is 13.8 Å². The maximum atomic E-state index is 14.2. The number of guanidine groups is 1. The van der Waals surface area contributed by atoms with Crippen LogP contribution in [0, 0.1) is 11.6 Å². The molecule has 3 atom stereocenters. The number of rotatable bonds is 9. The van der Waals surface area contributed by atoms with Gasteiger partial charge in [0, 0.05) is 24.8 Å². The first-order chi connectivity index (χ1) is 13.4. The molecule has 1 aliphatic heterocycles. The highest BCUT2D eigenvalue weighted by molar-refractivity contribution is 5.80. The maximum Gasteiger partial charge on any atom is 0.191 e. The second-order valence-electron chi connectivity index (χ2n) is 7.20. The lowest BCUT2D eigenvalue weighted by atomic mass is 10.0. The van der Waals surface area contributed by atoms with E-state index in [2.05, 4.69) is 15.6 Å². The molecule has 0 radical (unpaired) electrons. The zero-order valence-electron chi connectivity index (χ0n) is 17.2. The number of likely N-dealkylation sites (N-methyl/N-ethyl adjacent to an activating group) is 1. The molecule has 8 heteroatoms. The van der Waals surface area contributed by atoms with Gasteiger partial charge in [-0.15, -0.1) is 0 Å².